The normalized spacial score (nSPS) is 18.6. The van der Waals surface area contributed by atoms with E-state index in [1.807, 2.05) is 0 Å². The second-order valence-corrected chi connectivity index (χ2v) is 7.62. The Kier molecular flexibility index (Phi) is 3.73. The molecule has 6 heteroatoms. The summed E-state index contributed by atoms with van der Waals surface area (Å²) in [5.74, 6) is 0.706. The molecule has 5 nitrogen and oxygen atoms in total. The van der Waals surface area contributed by atoms with E-state index in [-0.39, 0.29) is 5.41 Å². The second-order valence-electron chi connectivity index (χ2n) is 6.34. The molecule has 2 aromatic rings. The highest BCUT2D eigenvalue weighted by molar-refractivity contribution is 7.11. The molecule has 0 spiro atoms. The average Bonchev–Trinajstić information content (AvgIpc) is 3.04. The van der Waals surface area contributed by atoms with Crippen molar-refractivity contribution in [1.29, 1.82) is 0 Å². The third kappa shape index (κ3) is 2.95. The smallest absolute Gasteiger partial charge is 0.315 e. The van der Waals surface area contributed by atoms with Crippen molar-refractivity contribution in [1.82, 2.24) is 15.2 Å². The Bertz CT molecular complexity index is 631. The van der Waals surface area contributed by atoms with Gasteiger partial charge in [0.2, 0.25) is 5.89 Å². The Morgan fingerprint density at radius 2 is 2.19 bits per heavy atom. The molecule has 3 rings (SSSR count). The minimum Gasteiger partial charge on any atom is -0.408 e. The minimum absolute atomic E-state index is 0.0680. The highest BCUT2D eigenvalue weighted by Crippen LogP contribution is 2.29. The number of nitrogens with zero attached hydrogens (tertiary/aromatic N) is 3. The molecule has 0 aliphatic heterocycles. The number of hydrogen-bond acceptors (Lipinski definition) is 6. The number of aryl methyl sites for hydroxylation is 2. The maximum Gasteiger partial charge on any atom is 0.315 e. The molecule has 0 bridgehead atoms. The van der Waals surface area contributed by atoms with Crippen LogP contribution in [0.15, 0.2) is 4.42 Å². The molecule has 1 unspecified atom stereocenters. The van der Waals surface area contributed by atoms with Crippen molar-refractivity contribution < 1.29 is 4.42 Å². The number of aromatic nitrogens is 3. The fourth-order valence-electron chi connectivity index (χ4n) is 2.51. The topological polar surface area (TPSA) is 63.8 Å². The summed E-state index contributed by atoms with van der Waals surface area (Å²) in [5.41, 5.74) is 1.20. The molecule has 1 N–H and O–H groups in total. The van der Waals surface area contributed by atoms with Gasteiger partial charge in [0.25, 0.3) is 0 Å². The summed E-state index contributed by atoms with van der Waals surface area (Å²) < 4.78 is 5.79. The van der Waals surface area contributed by atoms with Gasteiger partial charge in [-0.15, -0.1) is 16.4 Å². The number of fused-ring (bicyclic) bond motifs is 1. The SMILES string of the molecule is CCC(C)(C)c1nnc(NC2CCc3nc(C)sc3C2)o1. The molecule has 114 valence electrons. The first kappa shape index (κ1) is 14.5. The number of rotatable bonds is 4. The van der Waals surface area contributed by atoms with Crippen LogP contribution in [0.4, 0.5) is 6.01 Å². The Labute approximate surface area is 129 Å². The summed E-state index contributed by atoms with van der Waals surface area (Å²) in [6, 6.07) is 0.900. The van der Waals surface area contributed by atoms with Crippen molar-refractivity contribution in [3.8, 4) is 0 Å². The van der Waals surface area contributed by atoms with E-state index in [0.717, 1.165) is 30.7 Å². The van der Waals surface area contributed by atoms with Crippen LogP contribution in [0.5, 0.6) is 0 Å². The lowest BCUT2D eigenvalue weighted by Crippen LogP contribution is -2.26. The van der Waals surface area contributed by atoms with E-state index in [1.54, 1.807) is 11.3 Å². The van der Waals surface area contributed by atoms with E-state index in [9.17, 15) is 0 Å². The van der Waals surface area contributed by atoms with Gasteiger partial charge in [0.1, 0.15) is 0 Å². The molecule has 0 aromatic carbocycles. The number of hydrogen-bond donors (Lipinski definition) is 1. The van der Waals surface area contributed by atoms with Gasteiger partial charge in [0.15, 0.2) is 0 Å². The van der Waals surface area contributed by atoms with Crippen LogP contribution in [0.2, 0.25) is 0 Å². The first-order valence-electron chi connectivity index (χ1n) is 7.53. The third-order valence-corrected chi connectivity index (χ3v) is 5.30. The van der Waals surface area contributed by atoms with Crippen LogP contribution in [0.25, 0.3) is 0 Å². The zero-order valence-corrected chi connectivity index (χ0v) is 13.9. The molecular weight excluding hydrogens is 284 g/mol. The standard InChI is InChI=1S/C15H22N4OS/c1-5-15(3,4)13-18-19-14(20-13)17-10-6-7-11-12(8-10)21-9(2)16-11/h10H,5-8H2,1-4H3,(H,17,19). The summed E-state index contributed by atoms with van der Waals surface area (Å²) in [7, 11) is 0. The molecule has 1 aliphatic carbocycles. The maximum atomic E-state index is 5.79. The van der Waals surface area contributed by atoms with E-state index < -0.39 is 0 Å². The van der Waals surface area contributed by atoms with Crippen LogP contribution in [0.3, 0.4) is 0 Å². The van der Waals surface area contributed by atoms with Crippen molar-refractivity contribution in [2.75, 3.05) is 5.32 Å². The Hall–Kier alpha value is -1.43. The molecule has 0 amide bonds. The predicted octanol–water partition coefficient (Wildman–Crippen LogP) is 3.49. The van der Waals surface area contributed by atoms with Crippen molar-refractivity contribution in [2.45, 2.75) is 64.8 Å². The maximum absolute atomic E-state index is 5.79. The number of anilines is 1. The first-order valence-corrected chi connectivity index (χ1v) is 8.35. The van der Waals surface area contributed by atoms with Crippen LogP contribution < -0.4 is 5.32 Å². The molecule has 0 radical (unpaired) electrons. The summed E-state index contributed by atoms with van der Waals surface area (Å²) in [6.07, 6.45) is 4.06. The highest BCUT2D eigenvalue weighted by Gasteiger charge is 2.27. The van der Waals surface area contributed by atoms with Gasteiger partial charge in [-0.25, -0.2) is 4.98 Å². The summed E-state index contributed by atoms with van der Waals surface area (Å²) in [4.78, 5) is 5.97. The molecule has 2 aromatic heterocycles. The Morgan fingerprint density at radius 3 is 2.95 bits per heavy atom. The highest BCUT2D eigenvalue weighted by atomic mass is 32.1. The van der Waals surface area contributed by atoms with Gasteiger partial charge >= 0.3 is 6.01 Å². The van der Waals surface area contributed by atoms with Crippen LogP contribution in [0.1, 0.15) is 55.1 Å². The van der Waals surface area contributed by atoms with E-state index in [4.69, 9.17) is 4.42 Å². The molecule has 0 saturated carbocycles. The molecule has 1 atom stereocenters. The van der Waals surface area contributed by atoms with Crippen LogP contribution >= 0.6 is 11.3 Å². The van der Waals surface area contributed by atoms with Crippen LogP contribution in [0, 0.1) is 6.92 Å². The first-order chi connectivity index (χ1) is 9.98. The summed E-state index contributed by atoms with van der Waals surface area (Å²) >= 11 is 1.80. The van der Waals surface area contributed by atoms with Gasteiger partial charge in [-0.05, 0) is 26.2 Å². The lowest BCUT2D eigenvalue weighted by Gasteiger charge is -2.21. The number of thiazole rings is 1. The monoisotopic (exact) mass is 306 g/mol. The van der Waals surface area contributed by atoms with Crippen molar-refractivity contribution in [3.05, 3.63) is 21.5 Å². The quantitative estimate of drug-likeness (QED) is 0.936. The zero-order chi connectivity index (χ0) is 15.0. The fraction of sp³-hybridized carbons (Fsp3) is 0.667. The molecule has 0 saturated heterocycles. The van der Waals surface area contributed by atoms with Gasteiger partial charge in [-0.3, -0.25) is 0 Å². The van der Waals surface area contributed by atoms with Gasteiger partial charge in [-0.2, -0.15) is 0 Å². The molecule has 21 heavy (non-hydrogen) atoms. The lowest BCUT2D eigenvalue weighted by molar-refractivity contribution is 0.363. The van der Waals surface area contributed by atoms with Gasteiger partial charge in [0.05, 0.1) is 10.7 Å². The van der Waals surface area contributed by atoms with Crippen LogP contribution in [-0.4, -0.2) is 21.2 Å². The lowest BCUT2D eigenvalue weighted by atomic mass is 9.90. The molecule has 0 fully saturated rings. The predicted molar refractivity (Wildman–Crippen MR) is 83.9 cm³/mol. The summed E-state index contributed by atoms with van der Waals surface area (Å²) in [6.45, 7) is 8.45. The Balaban J connectivity index is 1.68. The van der Waals surface area contributed by atoms with Gasteiger partial charge in [-0.1, -0.05) is 25.9 Å². The molecular formula is C15H22N4OS. The van der Waals surface area contributed by atoms with E-state index in [1.165, 1.54) is 10.6 Å². The van der Waals surface area contributed by atoms with Crippen molar-refractivity contribution in [2.24, 2.45) is 0 Å². The summed E-state index contributed by atoms with van der Waals surface area (Å²) in [5, 5.41) is 12.9. The fourth-order valence-corrected chi connectivity index (χ4v) is 3.57. The van der Waals surface area contributed by atoms with Crippen molar-refractivity contribution >= 4 is 17.4 Å². The van der Waals surface area contributed by atoms with E-state index in [2.05, 4.69) is 48.2 Å². The van der Waals surface area contributed by atoms with Crippen LogP contribution in [-0.2, 0) is 18.3 Å². The largest absolute Gasteiger partial charge is 0.408 e. The molecule has 1 aliphatic rings. The molecule has 2 heterocycles. The van der Waals surface area contributed by atoms with E-state index in [0.29, 0.717) is 17.9 Å². The van der Waals surface area contributed by atoms with Gasteiger partial charge in [0, 0.05) is 22.8 Å². The number of nitrogens with one attached hydrogen (secondary N) is 1. The second kappa shape index (κ2) is 5.40. The Morgan fingerprint density at radius 1 is 1.38 bits per heavy atom. The van der Waals surface area contributed by atoms with E-state index >= 15 is 0 Å². The minimum atomic E-state index is -0.0680. The third-order valence-electron chi connectivity index (χ3n) is 4.26. The van der Waals surface area contributed by atoms with Crippen molar-refractivity contribution in [3.63, 3.8) is 0 Å². The zero-order valence-electron chi connectivity index (χ0n) is 13.1. The van der Waals surface area contributed by atoms with Gasteiger partial charge < -0.3 is 9.73 Å². The average molecular weight is 306 g/mol.